The highest BCUT2D eigenvalue weighted by Crippen LogP contribution is 2.33. The molecule has 0 atom stereocenters. The normalized spacial score (nSPS) is 14.8. The van der Waals surface area contributed by atoms with Crippen molar-refractivity contribution in [1.82, 2.24) is 14.5 Å². The van der Waals surface area contributed by atoms with Crippen molar-refractivity contribution in [2.24, 2.45) is 5.92 Å². The van der Waals surface area contributed by atoms with Gasteiger partial charge >= 0.3 is 0 Å². The number of fused-ring (bicyclic) bond motifs is 2. The number of para-hydroxylation sites is 2. The lowest BCUT2D eigenvalue weighted by Gasteiger charge is -2.05. The molecular formula is C19H17N3O. The maximum atomic E-state index is 5.87. The molecule has 2 aromatic heterocycles. The summed E-state index contributed by atoms with van der Waals surface area (Å²) in [6.07, 6.45) is 2.69. The SMILES string of the molecule is Cc1nc2cc(-c3nc4ccccc4o3)ccc2n1CC1CC1. The monoisotopic (exact) mass is 303 g/mol. The Bertz CT molecular complexity index is 991. The van der Waals surface area contributed by atoms with Crippen molar-refractivity contribution in [2.75, 3.05) is 0 Å². The van der Waals surface area contributed by atoms with Gasteiger partial charge in [0.2, 0.25) is 5.89 Å². The van der Waals surface area contributed by atoms with Crippen molar-refractivity contribution in [3.05, 3.63) is 48.3 Å². The lowest BCUT2D eigenvalue weighted by Crippen LogP contribution is -2.01. The molecule has 2 heterocycles. The highest BCUT2D eigenvalue weighted by atomic mass is 16.3. The summed E-state index contributed by atoms with van der Waals surface area (Å²) >= 11 is 0. The van der Waals surface area contributed by atoms with Crippen LogP contribution in [0.4, 0.5) is 0 Å². The van der Waals surface area contributed by atoms with E-state index in [-0.39, 0.29) is 0 Å². The van der Waals surface area contributed by atoms with E-state index in [1.807, 2.05) is 24.3 Å². The minimum atomic E-state index is 0.655. The van der Waals surface area contributed by atoms with Crippen LogP contribution in [0.15, 0.2) is 46.9 Å². The van der Waals surface area contributed by atoms with E-state index in [1.54, 1.807) is 0 Å². The van der Waals surface area contributed by atoms with E-state index in [0.717, 1.165) is 40.5 Å². The van der Waals surface area contributed by atoms with Crippen molar-refractivity contribution in [3.63, 3.8) is 0 Å². The first-order valence-corrected chi connectivity index (χ1v) is 8.11. The van der Waals surface area contributed by atoms with Gasteiger partial charge in [0.1, 0.15) is 11.3 Å². The maximum Gasteiger partial charge on any atom is 0.227 e. The second-order valence-electron chi connectivity index (χ2n) is 6.40. The Kier molecular flexibility index (Phi) is 2.62. The van der Waals surface area contributed by atoms with Crippen molar-refractivity contribution < 1.29 is 4.42 Å². The van der Waals surface area contributed by atoms with Crippen molar-refractivity contribution in [1.29, 1.82) is 0 Å². The molecule has 23 heavy (non-hydrogen) atoms. The number of oxazole rings is 1. The Balaban J connectivity index is 1.62. The van der Waals surface area contributed by atoms with Crippen LogP contribution in [-0.4, -0.2) is 14.5 Å². The van der Waals surface area contributed by atoms with Gasteiger partial charge in [-0.1, -0.05) is 12.1 Å². The summed E-state index contributed by atoms with van der Waals surface area (Å²) in [5.41, 5.74) is 4.90. The van der Waals surface area contributed by atoms with E-state index in [0.29, 0.717) is 5.89 Å². The molecule has 1 aliphatic rings. The van der Waals surface area contributed by atoms with Gasteiger partial charge in [-0.2, -0.15) is 0 Å². The van der Waals surface area contributed by atoms with Crippen LogP contribution in [0.2, 0.25) is 0 Å². The molecule has 0 unspecified atom stereocenters. The summed E-state index contributed by atoms with van der Waals surface area (Å²) in [6.45, 7) is 3.17. The van der Waals surface area contributed by atoms with Gasteiger partial charge in [-0.15, -0.1) is 0 Å². The number of aryl methyl sites for hydroxylation is 1. The molecule has 114 valence electrons. The zero-order valence-electron chi connectivity index (χ0n) is 13.0. The minimum absolute atomic E-state index is 0.655. The predicted octanol–water partition coefficient (Wildman–Crippen LogP) is 4.56. The van der Waals surface area contributed by atoms with Crippen molar-refractivity contribution in [2.45, 2.75) is 26.3 Å². The van der Waals surface area contributed by atoms with Crippen LogP contribution in [0.5, 0.6) is 0 Å². The molecule has 0 spiro atoms. The number of nitrogens with zero attached hydrogens (tertiary/aromatic N) is 3. The summed E-state index contributed by atoms with van der Waals surface area (Å²) in [4.78, 5) is 9.30. The largest absolute Gasteiger partial charge is 0.436 e. The molecule has 0 bridgehead atoms. The molecule has 4 heteroatoms. The summed E-state index contributed by atoms with van der Waals surface area (Å²) in [5.74, 6) is 2.58. The number of imidazole rings is 1. The number of benzene rings is 2. The Labute approximate surface area is 133 Å². The van der Waals surface area contributed by atoms with E-state index in [1.165, 1.54) is 18.4 Å². The van der Waals surface area contributed by atoms with Gasteiger partial charge in [-0.25, -0.2) is 9.97 Å². The quantitative estimate of drug-likeness (QED) is 0.557. The minimum Gasteiger partial charge on any atom is -0.436 e. The van der Waals surface area contributed by atoms with E-state index < -0.39 is 0 Å². The van der Waals surface area contributed by atoms with Crippen LogP contribution >= 0.6 is 0 Å². The predicted molar refractivity (Wildman–Crippen MR) is 90.2 cm³/mol. The second kappa shape index (κ2) is 4.69. The average molecular weight is 303 g/mol. The maximum absolute atomic E-state index is 5.87. The molecule has 0 N–H and O–H groups in total. The van der Waals surface area contributed by atoms with Crippen LogP contribution < -0.4 is 0 Å². The molecule has 0 saturated heterocycles. The lowest BCUT2D eigenvalue weighted by molar-refractivity contribution is 0.620. The fourth-order valence-electron chi connectivity index (χ4n) is 3.17. The third kappa shape index (κ3) is 2.13. The van der Waals surface area contributed by atoms with Gasteiger partial charge in [0.25, 0.3) is 0 Å². The second-order valence-corrected chi connectivity index (χ2v) is 6.40. The fourth-order valence-corrected chi connectivity index (χ4v) is 3.17. The number of hydrogen-bond acceptors (Lipinski definition) is 3. The lowest BCUT2D eigenvalue weighted by atomic mass is 10.2. The molecule has 5 rings (SSSR count). The van der Waals surface area contributed by atoms with Crippen molar-refractivity contribution >= 4 is 22.1 Å². The van der Waals surface area contributed by atoms with Gasteiger partial charge < -0.3 is 8.98 Å². The third-order valence-electron chi connectivity index (χ3n) is 4.62. The Hall–Kier alpha value is -2.62. The van der Waals surface area contributed by atoms with Crippen LogP contribution in [0.25, 0.3) is 33.6 Å². The Morgan fingerprint density at radius 3 is 2.78 bits per heavy atom. The first-order valence-electron chi connectivity index (χ1n) is 8.11. The summed E-state index contributed by atoms with van der Waals surface area (Å²) in [5, 5.41) is 0. The highest BCUT2D eigenvalue weighted by molar-refractivity contribution is 5.83. The van der Waals surface area contributed by atoms with Crippen LogP contribution in [0.3, 0.4) is 0 Å². The summed E-state index contributed by atoms with van der Waals surface area (Å²) in [6, 6.07) is 14.1. The van der Waals surface area contributed by atoms with Gasteiger partial charge in [-0.05, 0) is 56.0 Å². The Morgan fingerprint density at radius 2 is 1.96 bits per heavy atom. The summed E-state index contributed by atoms with van der Waals surface area (Å²) < 4.78 is 8.21. The average Bonchev–Trinajstić information content (AvgIpc) is 3.18. The molecule has 1 saturated carbocycles. The van der Waals surface area contributed by atoms with E-state index >= 15 is 0 Å². The molecule has 2 aromatic carbocycles. The number of hydrogen-bond donors (Lipinski definition) is 0. The van der Waals surface area contributed by atoms with Gasteiger partial charge in [0.15, 0.2) is 5.58 Å². The molecule has 0 radical (unpaired) electrons. The first-order chi connectivity index (χ1) is 11.3. The van der Waals surface area contributed by atoms with Crippen molar-refractivity contribution in [3.8, 4) is 11.5 Å². The molecule has 0 aliphatic heterocycles. The Morgan fingerprint density at radius 1 is 1.09 bits per heavy atom. The zero-order chi connectivity index (χ0) is 15.4. The third-order valence-corrected chi connectivity index (χ3v) is 4.62. The molecule has 4 aromatic rings. The smallest absolute Gasteiger partial charge is 0.227 e. The summed E-state index contributed by atoms with van der Waals surface area (Å²) in [7, 11) is 0. The van der Waals surface area contributed by atoms with Gasteiger partial charge in [0, 0.05) is 12.1 Å². The number of rotatable bonds is 3. The van der Waals surface area contributed by atoms with Gasteiger partial charge in [-0.3, -0.25) is 0 Å². The van der Waals surface area contributed by atoms with Crippen LogP contribution in [-0.2, 0) is 6.54 Å². The molecule has 1 fully saturated rings. The molecule has 0 amide bonds. The van der Waals surface area contributed by atoms with E-state index in [4.69, 9.17) is 9.40 Å². The molecule has 1 aliphatic carbocycles. The fraction of sp³-hybridized carbons (Fsp3) is 0.263. The van der Waals surface area contributed by atoms with E-state index in [2.05, 4.69) is 34.7 Å². The van der Waals surface area contributed by atoms with Gasteiger partial charge in [0.05, 0.1) is 11.0 Å². The van der Waals surface area contributed by atoms with E-state index in [9.17, 15) is 0 Å². The first kappa shape index (κ1) is 12.9. The highest BCUT2D eigenvalue weighted by Gasteiger charge is 2.23. The van der Waals surface area contributed by atoms with Crippen LogP contribution in [0, 0.1) is 12.8 Å². The molecule has 4 nitrogen and oxygen atoms in total. The number of aromatic nitrogens is 3. The zero-order valence-corrected chi connectivity index (χ0v) is 13.0. The van der Waals surface area contributed by atoms with Crippen LogP contribution in [0.1, 0.15) is 18.7 Å². The molecular weight excluding hydrogens is 286 g/mol. The topological polar surface area (TPSA) is 43.9 Å². The standard InChI is InChI=1S/C19H17N3O/c1-12-20-16-10-14(8-9-17(16)22(12)11-13-6-7-13)19-21-15-4-2-3-5-18(15)23-19/h2-5,8-10,13H,6-7,11H2,1H3.